The fraction of sp³-hybridized carbons (Fsp3) is 0. The van der Waals surface area contributed by atoms with Gasteiger partial charge < -0.3 is 0 Å². The number of aromatic nitrogens is 3. The lowest BCUT2D eigenvalue weighted by Crippen LogP contribution is -1.95. The smallest absolute Gasteiger partial charge is 0.160 e. The molecule has 4 heteroatoms. The van der Waals surface area contributed by atoms with Crippen LogP contribution in [-0.2, 0) is 0 Å². The van der Waals surface area contributed by atoms with Gasteiger partial charge in [-0.2, -0.15) is 0 Å². The van der Waals surface area contributed by atoms with E-state index in [9.17, 15) is 0 Å². The number of benzene rings is 6. The van der Waals surface area contributed by atoms with E-state index in [1.165, 1.54) is 21.0 Å². The lowest BCUT2D eigenvalue weighted by Gasteiger charge is -2.10. The van der Waals surface area contributed by atoms with Crippen molar-refractivity contribution in [1.29, 1.82) is 0 Å². The van der Waals surface area contributed by atoms with Crippen LogP contribution in [0.15, 0.2) is 152 Å². The van der Waals surface area contributed by atoms with Gasteiger partial charge in [-0.15, -0.1) is 11.3 Å². The van der Waals surface area contributed by atoms with Crippen LogP contribution in [0.25, 0.3) is 76.6 Å². The molecule has 8 aromatic rings. The molecule has 0 aliphatic rings. The Balaban J connectivity index is 1.15. The predicted molar refractivity (Wildman–Crippen MR) is 180 cm³/mol. The molecule has 0 saturated carbocycles. The molecular weight excluding hydrogens is 543 g/mol. The number of rotatable bonds is 5. The highest BCUT2D eigenvalue weighted by Crippen LogP contribution is 2.36. The maximum absolute atomic E-state index is 5.02. The van der Waals surface area contributed by atoms with Crippen LogP contribution in [0.5, 0.6) is 0 Å². The van der Waals surface area contributed by atoms with Crippen molar-refractivity contribution in [2.45, 2.75) is 0 Å². The molecule has 8 rings (SSSR count). The fourth-order valence-corrected chi connectivity index (χ4v) is 6.49. The van der Waals surface area contributed by atoms with Gasteiger partial charge in [0.2, 0.25) is 0 Å². The highest BCUT2D eigenvalue weighted by molar-refractivity contribution is 7.21. The molecule has 0 fully saturated rings. The second kappa shape index (κ2) is 10.8. The van der Waals surface area contributed by atoms with E-state index >= 15 is 0 Å². The monoisotopic (exact) mass is 567 g/mol. The van der Waals surface area contributed by atoms with E-state index in [1.54, 1.807) is 11.3 Å². The van der Waals surface area contributed by atoms with Gasteiger partial charge in [-0.05, 0) is 34.7 Å². The molecule has 0 radical (unpaired) electrons. The quantitative estimate of drug-likeness (QED) is 0.208. The number of thiazole rings is 1. The number of fused-ring (bicyclic) bond motifs is 3. The molecule has 6 aromatic carbocycles. The second-order valence-electron chi connectivity index (χ2n) is 10.5. The van der Waals surface area contributed by atoms with E-state index in [0.717, 1.165) is 49.7 Å². The lowest BCUT2D eigenvalue weighted by atomic mass is 9.99. The molecule has 0 amide bonds. The molecule has 0 aliphatic heterocycles. The normalized spacial score (nSPS) is 11.3. The highest BCUT2D eigenvalue weighted by atomic mass is 32.1. The minimum atomic E-state index is 0.713. The van der Waals surface area contributed by atoms with Gasteiger partial charge in [0.25, 0.3) is 0 Å². The van der Waals surface area contributed by atoms with Crippen molar-refractivity contribution >= 4 is 32.3 Å². The summed E-state index contributed by atoms with van der Waals surface area (Å²) in [6.07, 6.45) is 0. The van der Waals surface area contributed by atoms with Crippen molar-refractivity contribution in [3.8, 4) is 55.6 Å². The summed E-state index contributed by atoms with van der Waals surface area (Å²) in [6.45, 7) is 0. The molecule has 0 bridgehead atoms. The molecule has 2 heterocycles. The number of nitrogens with zero attached hydrogens (tertiary/aromatic N) is 3. The van der Waals surface area contributed by atoms with E-state index in [1.807, 2.05) is 42.5 Å². The van der Waals surface area contributed by atoms with Gasteiger partial charge in [-0.1, -0.05) is 133 Å². The van der Waals surface area contributed by atoms with Crippen LogP contribution in [0, 0.1) is 0 Å². The maximum Gasteiger partial charge on any atom is 0.160 e. The van der Waals surface area contributed by atoms with Crippen molar-refractivity contribution in [2.24, 2.45) is 0 Å². The maximum atomic E-state index is 5.02. The van der Waals surface area contributed by atoms with Gasteiger partial charge in [0.05, 0.1) is 21.6 Å². The Bertz CT molecular complexity index is 2150. The number of hydrogen-bond donors (Lipinski definition) is 0. The van der Waals surface area contributed by atoms with Crippen LogP contribution in [0.1, 0.15) is 0 Å². The van der Waals surface area contributed by atoms with Gasteiger partial charge >= 0.3 is 0 Å². The van der Waals surface area contributed by atoms with Gasteiger partial charge in [-0.25, -0.2) is 15.0 Å². The van der Waals surface area contributed by atoms with Crippen LogP contribution in [-0.4, -0.2) is 15.0 Å². The average Bonchev–Trinajstić information content (AvgIpc) is 3.54. The van der Waals surface area contributed by atoms with Gasteiger partial charge in [0, 0.05) is 27.6 Å². The van der Waals surface area contributed by atoms with E-state index in [-0.39, 0.29) is 0 Å². The first-order valence-corrected chi connectivity index (χ1v) is 15.1. The molecule has 202 valence electrons. The van der Waals surface area contributed by atoms with E-state index in [0.29, 0.717) is 5.82 Å². The zero-order valence-electron chi connectivity index (χ0n) is 23.2. The lowest BCUT2D eigenvalue weighted by molar-refractivity contribution is 1.18. The van der Waals surface area contributed by atoms with Gasteiger partial charge in [0.15, 0.2) is 5.82 Å². The van der Waals surface area contributed by atoms with Crippen LogP contribution in [0.2, 0.25) is 0 Å². The Morgan fingerprint density at radius 3 is 1.58 bits per heavy atom. The van der Waals surface area contributed by atoms with E-state index in [2.05, 4.69) is 109 Å². The Kier molecular flexibility index (Phi) is 6.32. The Labute approximate surface area is 253 Å². The molecule has 0 unspecified atom stereocenters. The first-order chi connectivity index (χ1) is 21.3. The van der Waals surface area contributed by atoms with Crippen molar-refractivity contribution in [1.82, 2.24) is 15.0 Å². The third-order valence-electron chi connectivity index (χ3n) is 7.74. The van der Waals surface area contributed by atoms with Crippen molar-refractivity contribution in [3.63, 3.8) is 0 Å². The summed E-state index contributed by atoms with van der Waals surface area (Å²) in [4.78, 5) is 15.0. The summed E-state index contributed by atoms with van der Waals surface area (Å²) in [7, 11) is 0. The second-order valence-corrected chi connectivity index (χ2v) is 11.5. The molecule has 0 N–H and O–H groups in total. The average molecular weight is 568 g/mol. The van der Waals surface area contributed by atoms with Crippen molar-refractivity contribution < 1.29 is 0 Å². The van der Waals surface area contributed by atoms with E-state index < -0.39 is 0 Å². The molecule has 43 heavy (non-hydrogen) atoms. The molecule has 3 nitrogen and oxygen atoms in total. The highest BCUT2D eigenvalue weighted by Gasteiger charge is 2.13. The first kappa shape index (κ1) is 25.3. The van der Waals surface area contributed by atoms with Crippen LogP contribution in [0.3, 0.4) is 0 Å². The van der Waals surface area contributed by atoms with Crippen LogP contribution < -0.4 is 0 Å². The molecule has 2 aromatic heterocycles. The van der Waals surface area contributed by atoms with Crippen molar-refractivity contribution in [3.05, 3.63) is 152 Å². The minimum absolute atomic E-state index is 0.713. The summed E-state index contributed by atoms with van der Waals surface area (Å²) >= 11 is 1.74. The minimum Gasteiger partial charge on any atom is -0.235 e. The largest absolute Gasteiger partial charge is 0.235 e. The Morgan fingerprint density at radius 2 is 0.953 bits per heavy atom. The first-order valence-electron chi connectivity index (χ1n) is 14.3. The topological polar surface area (TPSA) is 38.7 Å². The molecule has 0 spiro atoms. The SMILES string of the molecule is c1ccc(-c2cc(-c3ccccc3)nc(-c3ccc(-c4ccc5c(ccc6sc(-c7ccccc7)nc65)c4)cc3)n2)cc1. The standard InChI is InChI=1S/C39H25N3S/c1-4-10-27(11-5-1)34-25-35(28-12-6-2-7-13-28)41-38(40-34)29-18-16-26(17-19-29)31-20-22-33-32(24-31)21-23-36-37(33)42-39(43-36)30-14-8-3-9-15-30/h1-25H. The van der Waals surface area contributed by atoms with Gasteiger partial charge in [-0.3, -0.25) is 0 Å². The van der Waals surface area contributed by atoms with Crippen LogP contribution in [0.4, 0.5) is 0 Å². The third-order valence-corrected chi connectivity index (χ3v) is 8.81. The zero-order chi connectivity index (χ0) is 28.6. The summed E-state index contributed by atoms with van der Waals surface area (Å²) < 4.78 is 1.20. The summed E-state index contributed by atoms with van der Waals surface area (Å²) in [6, 6.07) is 52.6. The van der Waals surface area contributed by atoms with Crippen molar-refractivity contribution in [2.75, 3.05) is 0 Å². The molecular formula is C39H25N3S. The summed E-state index contributed by atoms with van der Waals surface area (Å²) in [5.41, 5.74) is 9.48. The molecule has 0 saturated heterocycles. The summed E-state index contributed by atoms with van der Waals surface area (Å²) in [5, 5.41) is 3.41. The fourth-order valence-electron chi connectivity index (χ4n) is 5.51. The Hall–Kier alpha value is -5.45. The predicted octanol–water partition coefficient (Wildman–Crippen LogP) is 10.6. The third kappa shape index (κ3) is 4.88. The summed E-state index contributed by atoms with van der Waals surface area (Å²) in [5.74, 6) is 0.713. The zero-order valence-corrected chi connectivity index (χ0v) is 24.0. The molecule has 0 aliphatic carbocycles. The molecule has 0 atom stereocenters. The van der Waals surface area contributed by atoms with E-state index in [4.69, 9.17) is 15.0 Å². The number of hydrogen-bond acceptors (Lipinski definition) is 4. The van der Waals surface area contributed by atoms with Crippen LogP contribution >= 0.6 is 11.3 Å². The Morgan fingerprint density at radius 1 is 0.395 bits per heavy atom. The van der Waals surface area contributed by atoms with Gasteiger partial charge in [0.1, 0.15) is 5.01 Å².